The predicted octanol–water partition coefficient (Wildman–Crippen LogP) is 6.80. The Morgan fingerprint density at radius 3 is 1.80 bits per heavy atom. The first-order valence-corrected chi connectivity index (χ1v) is 11.3. The standard InChI is InChI=1S/C25H18Cl3N3O4/c1-12-24(30-20-6-3-14(33)9-17(20)27)22(29-19-5-2-13(32)8-16(19)26)11-23(35)25(12)31-21-7-4-15(34)10-18(21)28/h2-11,29,31-34H,1H3/b30-24-. The summed E-state index contributed by atoms with van der Waals surface area (Å²) in [5.74, 6) is -0.395. The molecule has 35 heavy (non-hydrogen) atoms. The monoisotopic (exact) mass is 529 g/mol. The summed E-state index contributed by atoms with van der Waals surface area (Å²) in [5.41, 5.74) is 2.63. The maximum Gasteiger partial charge on any atom is 0.204 e. The maximum atomic E-state index is 13.1. The van der Waals surface area contributed by atoms with Crippen LogP contribution in [0.25, 0.3) is 0 Å². The van der Waals surface area contributed by atoms with Gasteiger partial charge in [-0.1, -0.05) is 34.8 Å². The number of carbonyl (C=O) groups excluding carboxylic acids is 1. The van der Waals surface area contributed by atoms with Gasteiger partial charge in [0.2, 0.25) is 5.78 Å². The number of hydrogen-bond donors (Lipinski definition) is 5. The summed E-state index contributed by atoms with van der Waals surface area (Å²) >= 11 is 18.8. The fourth-order valence-electron chi connectivity index (χ4n) is 3.37. The molecule has 3 aromatic carbocycles. The topological polar surface area (TPSA) is 114 Å². The van der Waals surface area contributed by atoms with Crippen LogP contribution in [0.3, 0.4) is 0 Å². The molecule has 0 heterocycles. The summed E-state index contributed by atoms with van der Waals surface area (Å²) in [4.78, 5) is 17.8. The molecule has 0 unspecified atom stereocenters. The Morgan fingerprint density at radius 2 is 1.26 bits per heavy atom. The lowest BCUT2D eigenvalue weighted by Crippen LogP contribution is -2.26. The van der Waals surface area contributed by atoms with Gasteiger partial charge in [0.05, 0.1) is 49.2 Å². The second-order valence-electron chi connectivity index (χ2n) is 7.60. The number of nitrogens with zero attached hydrogens (tertiary/aromatic N) is 1. The average Bonchev–Trinajstić information content (AvgIpc) is 2.78. The van der Waals surface area contributed by atoms with Crippen LogP contribution in [-0.2, 0) is 4.79 Å². The van der Waals surface area contributed by atoms with Crippen LogP contribution in [0.2, 0.25) is 15.1 Å². The number of carbonyl (C=O) groups is 1. The van der Waals surface area contributed by atoms with E-state index in [1.165, 1.54) is 42.5 Å². The number of allylic oxidation sites excluding steroid dienone is 2. The van der Waals surface area contributed by atoms with E-state index < -0.39 is 0 Å². The van der Waals surface area contributed by atoms with Crippen molar-refractivity contribution in [3.05, 3.63) is 92.7 Å². The highest BCUT2D eigenvalue weighted by Crippen LogP contribution is 2.34. The molecule has 1 aliphatic carbocycles. The molecule has 5 N–H and O–H groups in total. The molecule has 10 heteroatoms. The highest BCUT2D eigenvalue weighted by atomic mass is 35.5. The number of phenols is 3. The zero-order valence-electron chi connectivity index (χ0n) is 18.1. The summed E-state index contributed by atoms with van der Waals surface area (Å²) in [6.07, 6.45) is 1.35. The van der Waals surface area contributed by atoms with Crippen LogP contribution < -0.4 is 10.6 Å². The number of ketones is 1. The lowest BCUT2D eigenvalue weighted by atomic mass is 9.96. The highest BCUT2D eigenvalue weighted by molar-refractivity contribution is 6.35. The van der Waals surface area contributed by atoms with Crippen molar-refractivity contribution in [2.75, 3.05) is 10.6 Å². The van der Waals surface area contributed by atoms with Gasteiger partial charge in [0, 0.05) is 29.8 Å². The molecule has 0 amide bonds. The molecule has 0 saturated heterocycles. The lowest BCUT2D eigenvalue weighted by molar-refractivity contribution is -0.111. The van der Waals surface area contributed by atoms with Gasteiger partial charge in [-0.2, -0.15) is 0 Å². The molecule has 1 aliphatic rings. The largest absolute Gasteiger partial charge is 0.508 e. The van der Waals surface area contributed by atoms with Crippen LogP contribution in [0, 0.1) is 0 Å². The minimum atomic E-state index is -0.361. The molecule has 4 rings (SSSR count). The second-order valence-corrected chi connectivity index (χ2v) is 8.82. The van der Waals surface area contributed by atoms with E-state index in [1.54, 1.807) is 25.1 Å². The predicted molar refractivity (Wildman–Crippen MR) is 139 cm³/mol. The molecular weight excluding hydrogens is 513 g/mol. The Balaban J connectivity index is 1.81. The Hall–Kier alpha value is -3.65. The van der Waals surface area contributed by atoms with Gasteiger partial charge in [-0.3, -0.25) is 4.79 Å². The van der Waals surface area contributed by atoms with Gasteiger partial charge < -0.3 is 26.0 Å². The van der Waals surface area contributed by atoms with Crippen LogP contribution in [0.4, 0.5) is 17.1 Å². The van der Waals surface area contributed by atoms with Gasteiger partial charge in [0.15, 0.2) is 0 Å². The van der Waals surface area contributed by atoms with E-state index in [9.17, 15) is 20.1 Å². The fourth-order valence-corrected chi connectivity index (χ4v) is 4.03. The molecular formula is C25H18Cl3N3O4. The van der Waals surface area contributed by atoms with E-state index in [4.69, 9.17) is 34.8 Å². The number of anilines is 2. The highest BCUT2D eigenvalue weighted by Gasteiger charge is 2.26. The maximum absolute atomic E-state index is 13.1. The van der Waals surface area contributed by atoms with Crippen molar-refractivity contribution in [1.82, 2.24) is 0 Å². The number of aromatic hydroxyl groups is 3. The van der Waals surface area contributed by atoms with Crippen molar-refractivity contribution in [2.45, 2.75) is 6.92 Å². The minimum Gasteiger partial charge on any atom is -0.508 e. The van der Waals surface area contributed by atoms with Gasteiger partial charge in [0.25, 0.3) is 0 Å². The first-order chi connectivity index (χ1) is 16.6. The van der Waals surface area contributed by atoms with Crippen LogP contribution in [0.5, 0.6) is 17.2 Å². The molecule has 0 spiro atoms. The third-order valence-electron chi connectivity index (χ3n) is 5.11. The van der Waals surface area contributed by atoms with E-state index in [1.807, 2.05) is 0 Å². The molecule has 3 aromatic rings. The zero-order valence-corrected chi connectivity index (χ0v) is 20.4. The van der Waals surface area contributed by atoms with E-state index >= 15 is 0 Å². The summed E-state index contributed by atoms with van der Waals surface area (Å²) in [5, 5.41) is 35.8. The van der Waals surface area contributed by atoms with Crippen LogP contribution >= 0.6 is 34.8 Å². The van der Waals surface area contributed by atoms with Gasteiger partial charge in [-0.05, 0) is 43.3 Å². The first kappa shape index (κ1) is 24.5. The fraction of sp³-hybridized carbons (Fsp3) is 0.0400. The number of aliphatic imine (C=N–C) groups is 1. The molecule has 7 nitrogen and oxygen atoms in total. The number of hydrogen-bond acceptors (Lipinski definition) is 7. The summed E-state index contributed by atoms with van der Waals surface area (Å²) in [7, 11) is 0. The second kappa shape index (κ2) is 9.92. The van der Waals surface area contributed by atoms with Gasteiger partial charge in [0.1, 0.15) is 17.2 Å². The van der Waals surface area contributed by atoms with Crippen LogP contribution in [0.15, 0.2) is 82.6 Å². The lowest BCUT2D eigenvalue weighted by Gasteiger charge is -2.23. The van der Waals surface area contributed by atoms with Crippen LogP contribution in [-0.4, -0.2) is 26.8 Å². The van der Waals surface area contributed by atoms with Gasteiger partial charge in [-0.25, -0.2) is 4.99 Å². The molecule has 0 aliphatic heterocycles. The minimum absolute atomic E-state index is 0.00708. The van der Waals surface area contributed by atoms with Crippen molar-refractivity contribution < 1.29 is 20.1 Å². The Morgan fingerprint density at radius 1 is 0.743 bits per heavy atom. The van der Waals surface area contributed by atoms with Crippen molar-refractivity contribution in [1.29, 1.82) is 0 Å². The third-order valence-corrected chi connectivity index (χ3v) is 6.03. The van der Waals surface area contributed by atoms with E-state index in [0.29, 0.717) is 34.0 Å². The molecule has 0 fully saturated rings. The summed E-state index contributed by atoms with van der Waals surface area (Å²) < 4.78 is 0. The van der Waals surface area contributed by atoms with E-state index in [2.05, 4.69) is 15.6 Å². The van der Waals surface area contributed by atoms with Crippen molar-refractivity contribution >= 4 is 63.4 Å². The Bertz CT molecular complexity index is 1450. The summed E-state index contributed by atoms with van der Waals surface area (Å²) in [6, 6.07) is 13.1. The molecule has 178 valence electrons. The van der Waals surface area contributed by atoms with E-state index in [0.717, 1.165) is 0 Å². The smallest absolute Gasteiger partial charge is 0.204 e. The Kier molecular flexibility index (Phi) is 6.93. The number of phenolic OH excluding ortho intramolecular Hbond substituents is 3. The van der Waals surface area contributed by atoms with Crippen molar-refractivity contribution in [3.8, 4) is 17.2 Å². The van der Waals surface area contributed by atoms with Gasteiger partial charge in [-0.15, -0.1) is 0 Å². The molecule has 0 saturated carbocycles. The molecule has 0 aromatic heterocycles. The van der Waals surface area contributed by atoms with Gasteiger partial charge >= 0.3 is 0 Å². The van der Waals surface area contributed by atoms with Crippen molar-refractivity contribution in [2.24, 2.45) is 4.99 Å². The van der Waals surface area contributed by atoms with E-state index in [-0.39, 0.29) is 43.8 Å². The number of nitrogens with one attached hydrogen (secondary N) is 2. The summed E-state index contributed by atoms with van der Waals surface area (Å²) in [6.45, 7) is 1.70. The number of halogens is 3. The molecule has 0 atom stereocenters. The average molecular weight is 531 g/mol. The van der Waals surface area contributed by atoms with Crippen molar-refractivity contribution in [3.63, 3.8) is 0 Å². The van der Waals surface area contributed by atoms with Crippen LogP contribution in [0.1, 0.15) is 6.92 Å². The molecule has 0 bridgehead atoms. The molecule has 0 radical (unpaired) electrons. The third kappa shape index (κ3) is 5.38. The number of rotatable bonds is 5. The first-order valence-electron chi connectivity index (χ1n) is 10.2. The SMILES string of the molecule is CC1=C(Nc2ccc(O)cc2Cl)C(=O)C=C(Nc2ccc(O)cc2Cl)/C1=N\c1ccc(O)cc1Cl. The number of benzene rings is 3. The zero-order chi connectivity index (χ0) is 25.3. The quantitative estimate of drug-likeness (QED) is 0.183. The normalized spacial score (nSPS) is 14.8. The Labute approximate surface area is 215 Å².